The van der Waals surface area contributed by atoms with Crippen LogP contribution >= 0.6 is 11.3 Å². The van der Waals surface area contributed by atoms with E-state index in [4.69, 9.17) is 0 Å². The number of aliphatic imine (C=N–C) groups is 1. The Labute approximate surface area is 153 Å². The number of nitrogens with zero attached hydrogens (tertiary/aromatic N) is 2. The molecular weight excluding hydrogens is 328 g/mol. The van der Waals surface area contributed by atoms with E-state index < -0.39 is 0 Å². The molecule has 0 aliphatic heterocycles. The van der Waals surface area contributed by atoms with E-state index in [2.05, 4.69) is 57.2 Å². The third-order valence-electron chi connectivity index (χ3n) is 4.16. The molecule has 0 aliphatic carbocycles. The Morgan fingerprint density at radius 1 is 1.16 bits per heavy atom. The molecule has 0 aliphatic rings. The minimum absolute atomic E-state index is 0.555. The van der Waals surface area contributed by atoms with Gasteiger partial charge in [0.1, 0.15) is 0 Å². The maximum atomic E-state index is 4.41. The summed E-state index contributed by atoms with van der Waals surface area (Å²) >= 11 is 1.82. The van der Waals surface area contributed by atoms with E-state index in [9.17, 15) is 0 Å². The van der Waals surface area contributed by atoms with Crippen molar-refractivity contribution in [3.8, 4) is 0 Å². The topological polar surface area (TPSA) is 49.3 Å². The smallest absolute Gasteiger partial charge is 0.191 e. The van der Waals surface area contributed by atoms with Gasteiger partial charge in [-0.2, -0.15) is 0 Å². The van der Waals surface area contributed by atoms with E-state index in [1.54, 1.807) is 0 Å². The molecular formula is C20H24N4S. The second-order valence-electron chi connectivity index (χ2n) is 6.18. The molecule has 25 heavy (non-hydrogen) atoms. The highest BCUT2D eigenvalue weighted by atomic mass is 32.1. The summed E-state index contributed by atoms with van der Waals surface area (Å²) in [6, 6.07) is 14.6. The Morgan fingerprint density at radius 2 is 2.04 bits per heavy atom. The van der Waals surface area contributed by atoms with Gasteiger partial charge in [-0.05, 0) is 41.5 Å². The van der Waals surface area contributed by atoms with Crippen molar-refractivity contribution >= 4 is 28.2 Å². The minimum Gasteiger partial charge on any atom is -0.356 e. The molecule has 3 aromatic rings. The quantitative estimate of drug-likeness (QED) is 0.523. The molecule has 2 aromatic heterocycles. The first-order valence-electron chi connectivity index (χ1n) is 8.56. The highest BCUT2D eigenvalue weighted by molar-refractivity contribution is 7.09. The molecule has 5 heteroatoms. The predicted molar refractivity (Wildman–Crippen MR) is 107 cm³/mol. The zero-order valence-corrected chi connectivity index (χ0v) is 15.5. The van der Waals surface area contributed by atoms with Crippen molar-refractivity contribution in [3.05, 3.63) is 64.5 Å². The van der Waals surface area contributed by atoms with Crippen molar-refractivity contribution in [2.75, 3.05) is 13.6 Å². The fraction of sp³-hybridized carbons (Fsp3) is 0.300. The van der Waals surface area contributed by atoms with Gasteiger partial charge in [-0.1, -0.05) is 31.2 Å². The van der Waals surface area contributed by atoms with Crippen LogP contribution < -0.4 is 10.6 Å². The molecule has 2 heterocycles. The Morgan fingerprint density at radius 3 is 2.84 bits per heavy atom. The van der Waals surface area contributed by atoms with Gasteiger partial charge in [-0.15, -0.1) is 11.3 Å². The van der Waals surface area contributed by atoms with Crippen LogP contribution in [0.1, 0.15) is 17.4 Å². The summed E-state index contributed by atoms with van der Waals surface area (Å²) < 4.78 is 0. The minimum atomic E-state index is 0.555. The number of fused-ring (bicyclic) bond motifs is 1. The van der Waals surface area contributed by atoms with Crippen molar-refractivity contribution in [1.29, 1.82) is 0 Å². The van der Waals surface area contributed by atoms with E-state index in [-0.39, 0.29) is 0 Å². The monoisotopic (exact) mass is 352 g/mol. The number of benzene rings is 1. The van der Waals surface area contributed by atoms with Gasteiger partial charge in [0.2, 0.25) is 0 Å². The summed E-state index contributed by atoms with van der Waals surface area (Å²) in [5.41, 5.74) is 2.24. The highest BCUT2D eigenvalue weighted by Crippen LogP contribution is 2.16. The van der Waals surface area contributed by atoms with Crippen molar-refractivity contribution in [2.24, 2.45) is 10.9 Å². The van der Waals surface area contributed by atoms with E-state index in [0.717, 1.165) is 31.0 Å². The van der Waals surface area contributed by atoms with Crippen LogP contribution in [0.2, 0.25) is 0 Å². The average molecular weight is 353 g/mol. The molecule has 0 saturated carbocycles. The Balaban J connectivity index is 1.54. The Hall–Kier alpha value is -2.40. The van der Waals surface area contributed by atoms with Crippen molar-refractivity contribution in [3.63, 3.8) is 0 Å². The van der Waals surface area contributed by atoms with Crippen molar-refractivity contribution in [1.82, 2.24) is 15.6 Å². The van der Waals surface area contributed by atoms with Gasteiger partial charge in [0.15, 0.2) is 5.96 Å². The Bertz CT molecular complexity index is 821. The third-order valence-corrected chi connectivity index (χ3v) is 5.06. The number of hydrogen-bond acceptors (Lipinski definition) is 3. The van der Waals surface area contributed by atoms with Gasteiger partial charge in [-0.3, -0.25) is 9.98 Å². The number of aromatic nitrogens is 1. The molecule has 2 N–H and O–H groups in total. The van der Waals surface area contributed by atoms with Crippen LogP contribution in [-0.4, -0.2) is 24.5 Å². The van der Waals surface area contributed by atoms with Crippen LogP contribution in [0, 0.1) is 5.92 Å². The lowest BCUT2D eigenvalue weighted by Gasteiger charge is -2.16. The predicted octanol–water partition coefficient (Wildman–Crippen LogP) is 3.84. The molecule has 0 radical (unpaired) electrons. The molecule has 3 rings (SSSR count). The molecule has 0 fully saturated rings. The summed E-state index contributed by atoms with van der Waals surface area (Å²) in [6.07, 6.45) is 2.95. The number of pyridine rings is 1. The molecule has 0 bridgehead atoms. The van der Waals surface area contributed by atoms with E-state index in [0.29, 0.717) is 5.92 Å². The van der Waals surface area contributed by atoms with Crippen LogP contribution in [0.15, 0.2) is 59.0 Å². The first kappa shape index (κ1) is 17.4. The molecule has 0 spiro atoms. The van der Waals surface area contributed by atoms with Gasteiger partial charge in [0.05, 0.1) is 5.52 Å². The summed E-state index contributed by atoms with van der Waals surface area (Å²) in [7, 11) is 1.81. The molecule has 1 aromatic carbocycles. The zero-order chi connectivity index (χ0) is 17.5. The molecule has 1 unspecified atom stereocenters. The van der Waals surface area contributed by atoms with Gasteiger partial charge in [-0.25, -0.2) is 0 Å². The van der Waals surface area contributed by atoms with Crippen LogP contribution in [-0.2, 0) is 13.0 Å². The second-order valence-corrected chi connectivity index (χ2v) is 7.21. The standard InChI is InChI=1S/C20H24N4S/c1-15(12-17-6-5-11-25-17)13-23-20(21-2)24-14-16-9-10-22-19-8-4-3-7-18(16)19/h3-11,15H,12-14H2,1-2H3,(H2,21,23,24). The van der Waals surface area contributed by atoms with Crippen molar-refractivity contribution in [2.45, 2.75) is 19.9 Å². The summed E-state index contributed by atoms with van der Waals surface area (Å²) in [5, 5.41) is 10.1. The van der Waals surface area contributed by atoms with Gasteiger partial charge in [0, 0.05) is 36.6 Å². The number of rotatable bonds is 6. The highest BCUT2D eigenvalue weighted by Gasteiger charge is 2.07. The molecule has 0 amide bonds. The molecule has 0 saturated heterocycles. The van der Waals surface area contributed by atoms with E-state index in [1.807, 2.05) is 42.8 Å². The first-order chi connectivity index (χ1) is 12.3. The summed E-state index contributed by atoms with van der Waals surface area (Å²) in [6.45, 7) is 3.88. The Kier molecular flexibility index (Phi) is 6.01. The average Bonchev–Trinajstić information content (AvgIpc) is 3.15. The van der Waals surface area contributed by atoms with Crippen LogP contribution in [0.25, 0.3) is 10.9 Å². The van der Waals surface area contributed by atoms with Gasteiger partial charge < -0.3 is 10.6 Å². The van der Waals surface area contributed by atoms with Crippen LogP contribution in [0.5, 0.6) is 0 Å². The second kappa shape index (κ2) is 8.62. The lowest BCUT2D eigenvalue weighted by molar-refractivity contribution is 0.562. The number of para-hydroxylation sites is 1. The lowest BCUT2D eigenvalue weighted by atomic mass is 10.1. The number of hydrogen-bond donors (Lipinski definition) is 2. The fourth-order valence-electron chi connectivity index (χ4n) is 2.82. The fourth-order valence-corrected chi connectivity index (χ4v) is 3.69. The SMILES string of the molecule is CN=C(NCc1ccnc2ccccc12)NCC(C)Cc1cccs1. The largest absolute Gasteiger partial charge is 0.356 e. The summed E-state index contributed by atoms with van der Waals surface area (Å²) in [5.74, 6) is 1.39. The van der Waals surface area contributed by atoms with E-state index in [1.165, 1.54) is 15.8 Å². The number of nitrogens with one attached hydrogen (secondary N) is 2. The van der Waals surface area contributed by atoms with Crippen molar-refractivity contribution < 1.29 is 0 Å². The van der Waals surface area contributed by atoms with Gasteiger partial charge in [0.25, 0.3) is 0 Å². The molecule has 4 nitrogen and oxygen atoms in total. The number of guanidine groups is 1. The van der Waals surface area contributed by atoms with Gasteiger partial charge >= 0.3 is 0 Å². The number of thiophene rings is 1. The molecule has 130 valence electrons. The third kappa shape index (κ3) is 4.79. The van der Waals surface area contributed by atoms with E-state index >= 15 is 0 Å². The summed E-state index contributed by atoms with van der Waals surface area (Å²) in [4.78, 5) is 10.2. The molecule has 1 atom stereocenters. The normalized spacial score (nSPS) is 13.0. The maximum absolute atomic E-state index is 4.41. The lowest BCUT2D eigenvalue weighted by Crippen LogP contribution is -2.39. The maximum Gasteiger partial charge on any atom is 0.191 e. The first-order valence-corrected chi connectivity index (χ1v) is 9.43. The van der Waals surface area contributed by atoms with Crippen LogP contribution in [0.4, 0.5) is 0 Å². The van der Waals surface area contributed by atoms with Crippen LogP contribution in [0.3, 0.4) is 0 Å². The zero-order valence-electron chi connectivity index (χ0n) is 14.7.